The number of anilines is 1. The second-order valence-electron chi connectivity index (χ2n) is 6.79. The van der Waals surface area contributed by atoms with Gasteiger partial charge in [0.1, 0.15) is 9.71 Å². The quantitative estimate of drug-likeness (QED) is 0.833. The van der Waals surface area contributed by atoms with Gasteiger partial charge in [0.05, 0.1) is 18.2 Å². The molecule has 140 valence electrons. The molecule has 0 bridgehead atoms. The first-order chi connectivity index (χ1) is 12.3. The number of nitrogen functional groups attached to an aromatic ring is 1. The summed E-state index contributed by atoms with van der Waals surface area (Å²) in [5.41, 5.74) is 10.0. The van der Waals surface area contributed by atoms with E-state index in [9.17, 15) is 9.59 Å². The number of fused-ring (bicyclic) bond motifs is 1. The molecule has 2 aromatic heterocycles. The van der Waals surface area contributed by atoms with Crippen molar-refractivity contribution in [3.63, 3.8) is 0 Å². The number of pyridine rings is 1. The first-order valence-electron chi connectivity index (χ1n) is 8.96. The molecular weight excluding hydrogens is 350 g/mol. The van der Waals surface area contributed by atoms with Crippen LogP contribution in [0.15, 0.2) is 0 Å². The van der Waals surface area contributed by atoms with Crippen LogP contribution in [0.5, 0.6) is 0 Å². The van der Waals surface area contributed by atoms with Gasteiger partial charge in [-0.3, -0.25) is 9.59 Å². The summed E-state index contributed by atoms with van der Waals surface area (Å²) in [7, 11) is 0. The van der Waals surface area contributed by atoms with Crippen LogP contribution in [0, 0.1) is 26.7 Å². The van der Waals surface area contributed by atoms with Crippen LogP contribution in [0.25, 0.3) is 10.2 Å². The third-order valence-corrected chi connectivity index (χ3v) is 6.36. The van der Waals surface area contributed by atoms with E-state index >= 15 is 0 Å². The number of esters is 1. The summed E-state index contributed by atoms with van der Waals surface area (Å²) in [6.07, 6.45) is 1.26. The zero-order chi connectivity index (χ0) is 19.0. The Labute approximate surface area is 157 Å². The lowest BCUT2D eigenvalue weighted by atomic mass is 9.97. The number of aryl methyl sites for hydroxylation is 2. The summed E-state index contributed by atoms with van der Waals surface area (Å²) in [4.78, 5) is 32.6. The predicted molar refractivity (Wildman–Crippen MR) is 104 cm³/mol. The number of carbonyl (C=O) groups is 2. The van der Waals surface area contributed by atoms with E-state index in [0.717, 1.165) is 27.0 Å². The van der Waals surface area contributed by atoms with Crippen LogP contribution in [0.3, 0.4) is 0 Å². The zero-order valence-electron chi connectivity index (χ0n) is 15.7. The summed E-state index contributed by atoms with van der Waals surface area (Å²) in [6, 6.07) is 0. The van der Waals surface area contributed by atoms with Crippen molar-refractivity contribution in [3.8, 4) is 0 Å². The molecule has 2 aromatic rings. The highest BCUT2D eigenvalue weighted by Gasteiger charge is 2.30. The number of ether oxygens (including phenoxy) is 1. The lowest BCUT2D eigenvalue weighted by molar-refractivity contribution is -0.149. The van der Waals surface area contributed by atoms with Gasteiger partial charge in [0.15, 0.2) is 0 Å². The Balaban J connectivity index is 1.82. The minimum atomic E-state index is -0.160. The van der Waals surface area contributed by atoms with E-state index in [-0.39, 0.29) is 17.8 Å². The third-order valence-electron chi connectivity index (χ3n) is 5.27. The summed E-state index contributed by atoms with van der Waals surface area (Å²) in [5.74, 6) is -0.345. The fourth-order valence-electron chi connectivity index (χ4n) is 3.45. The van der Waals surface area contributed by atoms with Crippen molar-refractivity contribution in [3.05, 3.63) is 21.7 Å². The predicted octanol–water partition coefficient (Wildman–Crippen LogP) is 3.22. The van der Waals surface area contributed by atoms with Crippen molar-refractivity contribution in [1.29, 1.82) is 0 Å². The number of aromatic nitrogens is 1. The van der Waals surface area contributed by atoms with E-state index < -0.39 is 0 Å². The normalized spacial score (nSPS) is 15.5. The number of rotatable bonds is 3. The van der Waals surface area contributed by atoms with Crippen LogP contribution < -0.4 is 5.73 Å². The van der Waals surface area contributed by atoms with Crippen molar-refractivity contribution in [2.24, 2.45) is 5.92 Å². The lowest BCUT2D eigenvalue weighted by Crippen LogP contribution is -2.40. The van der Waals surface area contributed by atoms with Crippen LogP contribution in [0.1, 0.15) is 46.3 Å². The molecule has 0 aromatic carbocycles. The summed E-state index contributed by atoms with van der Waals surface area (Å²) in [6.45, 7) is 9.30. The maximum atomic E-state index is 13.0. The molecule has 7 heteroatoms. The number of piperidine rings is 1. The number of hydrogen-bond donors (Lipinski definition) is 1. The molecule has 0 unspecified atom stereocenters. The van der Waals surface area contributed by atoms with Gasteiger partial charge in [0.2, 0.25) is 0 Å². The number of hydrogen-bond acceptors (Lipinski definition) is 6. The molecule has 3 heterocycles. The number of thiophene rings is 1. The first-order valence-corrected chi connectivity index (χ1v) is 9.78. The van der Waals surface area contributed by atoms with Gasteiger partial charge in [-0.2, -0.15) is 0 Å². The molecule has 1 amide bonds. The van der Waals surface area contributed by atoms with E-state index in [1.54, 1.807) is 11.8 Å². The lowest BCUT2D eigenvalue weighted by Gasteiger charge is -2.30. The Morgan fingerprint density at radius 1 is 1.23 bits per heavy atom. The van der Waals surface area contributed by atoms with Gasteiger partial charge < -0.3 is 15.4 Å². The second-order valence-corrected chi connectivity index (χ2v) is 7.79. The Kier molecular flexibility index (Phi) is 5.18. The minimum Gasteiger partial charge on any atom is -0.466 e. The largest absolute Gasteiger partial charge is 0.466 e. The van der Waals surface area contributed by atoms with Gasteiger partial charge >= 0.3 is 5.97 Å². The highest BCUT2D eigenvalue weighted by Crippen LogP contribution is 2.37. The number of likely N-dealkylation sites (tertiary alicyclic amines) is 1. The molecule has 1 aliphatic rings. The molecule has 1 fully saturated rings. The van der Waals surface area contributed by atoms with Gasteiger partial charge in [-0.15, -0.1) is 11.3 Å². The summed E-state index contributed by atoms with van der Waals surface area (Å²) in [5, 5.41) is 0.892. The molecule has 26 heavy (non-hydrogen) atoms. The highest BCUT2D eigenvalue weighted by atomic mass is 32.1. The van der Waals surface area contributed by atoms with Crippen molar-refractivity contribution in [2.45, 2.75) is 40.5 Å². The van der Waals surface area contributed by atoms with E-state index in [4.69, 9.17) is 10.5 Å². The van der Waals surface area contributed by atoms with Gasteiger partial charge in [-0.25, -0.2) is 4.98 Å². The Morgan fingerprint density at radius 3 is 2.50 bits per heavy atom. The Hall–Kier alpha value is -2.15. The van der Waals surface area contributed by atoms with Gasteiger partial charge in [-0.05, 0) is 51.7 Å². The van der Waals surface area contributed by atoms with Gasteiger partial charge in [0, 0.05) is 24.2 Å². The molecule has 0 aliphatic carbocycles. The number of nitrogens with zero attached hydrogens (tertiary/aromatic N) is 2. The third kappa shape index (κ3) is 3.16. The Bertz CT molecular complexity index is 867. The smallest absolute Gasteiger partial charge is 0.309 e. The van der Waals surface area contributed by atoms with E-state index in [0.29, 0.717) is 43.1 Å². The molecule has 2 N–H and O–H groups in total. The molecule has 6 nitrogen and oxygen atoms in total. The first kappa shape index (κ1) is 18.6. The SMILES string of the molecule is CCOC(=O)C1CCN(C(=O)c2sc3nc(C)c(C)c(C)c3c2N)CC1. The number of nitrogens with two attached hydrogens (primary N) is 1. The van der Waals surface area contributed by atoms with Crippen molar-refractivity contribution < 1.29 is 14.3 Å². The minimum absolute atomic E-state index is 0.0671. The Morgan fingerprint density at radius 2 is 1.88 bits per heavy atom. The van der Waals surface area contributed by atoms with E-state index in [2.05, 4.69) is 4.98 Å². The molecule has 0 saturated carbocycles. The second kappa shape index (κ2) is 7.23. The molecule has 0 atom stereocenters. The molecular formula is C19H25N3O3S. The number of carbonyl (C=O) groups excluding carboxylic acids is 2. The van der Waals surface area contributed by atoms with Crippen LogP contribution in [-0.4, -0.2) is 41.5 Å². The highest BCUT2D eigenvalue weighted by molar-refractivity contribution is 7.21. The molecule has 1 saturated heterocycles. The van der Waals surface area contributed by atoms with Gasteiger partial charge in [-0.1, -0.05) is 0 Å². The van der Waals surface area contributed by atoms with Gasteiger partial charge in [0.25, 0.3) is 5.91 Å². The summed E-state index contributed by atoms with van der Waals surface area (Å²) < 4.78 is 5.09. The standard InChI is InChI=1S/C19H25N3O3S/c1-5-25-19(24)13-6-8-22(9-7-13)18(23)16-15(20)14-11(3)10(2)12(4)21-17(14)26-16/h13H,5-9,20H2,1-4H3. The van der Waals surface area contributed by atoms with E-state index in [1.165, 1.54) is 11.3 Å². The maximum absolute atomic E-state index is 13.0. The average Bonchev–Trinajstić information content (AvgIpc) is 2.95. The molecule has 1 aliphatic heterocycles. The number of amides is 1. The van der Waals surface area contributed by atoms with Crippen LogP contribution in [0.4, 0.5) is 5.69 Å². The average molecular weight is 375 g/mol. The van der Waals surface area contributed by atoms with Crippen LogP contribution in [-0.2, 0) is 9.53 Å². The van der Waals surface area contributed by atoms with Crippen LogP contribution in [0.2, 0.25) is 0 Å². The van der Waals surface area contributed by atoms with Crippen molar-refractivity contribution >= 4 is 39.1 Å². The van der Waals surface area contributed by atoms with Crippen molar-refractivity contribution in [1.82, 2.24) is 9.88 Å². The van der Waals surface area contributed by atoms with E-state index in [1.807, 2.05) is 20.8 Å². The van der Waals surface area contributed by atoms with Crippen molar-refractivity contribution in [2.75, 3.05) is 25.4 Å². The molecule has 0 radical (unpaired) electrons. The monoisotopic (exact) mass is 375 g/mol. The fraction of sp³-hybridized carbons (Fsp3) is 0.526. The fourth-order valence-corrected chi connectivity index (χ4v) is 4.62. The summed E-state index contributed by atoms with van der Waals surface area (Å²) >= 11 is 1.36. The zero-order valence-corrected chi connectivity index (χ0v) is 16.5. The topological polar surface area (TPSA) is 85.5 Å². The molecule has 3 rings (SSSR count). The van der Waals surface area contributed by atoms with Crippen LogP contribution >= 0.6 is 11.3 Å². The maximum Gasteiger partial charge on any atom is 0.309 e. The molecule has 0 spiro atoms.